The van der Waals surface area contributed by atoms with Crippen molar-refractivity contribution in [2.75, 3.05) is 0 Å². The van der Waals surface area contributed by atoms with Crippen molar-refractivity contribution in [2.24, 2.45) is 5.73 Å². The largest absolute Gasteiger partial charge is 0.328 e. The molecule has 4 heteroatoms. The number of nitrogens with zero attached hydrogens (tertiary/aromatic N) is 1. The van der Waals surface area contributed by atoms with Crippen LogP contribution < -0.4 is 5.73 Å². The molecule has 0 spiro atoms. The van der Waals surface area contributed by atoms with Crippen LogP contribution in [0.15, 0.2) is 18.2 Å². The van der Waals surface area contributed by atoms with E-state index in [4.69, 9.17) is 5.73 Å². The van der Waals surface area contributed by atoms with Crippen molar-refractivity contribution >= 4 is 5.69 Å². The van der Waals surface area contributed by atoms with Crippen LogP contribution in [0.3, 0.4) is 0 Å². The summed E-state index contributed by atoms with van der Waals surface area (Å²) >= 11 is 0. The molecule has 2 N–H and O–H groups in total. The Morgan fingerprint density at radius 3 is 2.64 bits per heavy atom. The van der Waals surface area contributed by atoms with Crippen molar-refractivity contribution in [3.8, 4) is 0 Å². The second-order valence-electron chi connectivity index (χ2n) is 3.56. The predicted octanol–water partition coefficient (Wildman–Crippen LogP) is 1.79. The second kappa shape index (κ2) is 4.19. The highest BCUT2D eigenvalue weighted by Gasteiger charge is 2.10. The Labute approximate surface area is 82.9 Å². The average molecular weight is 194 g/mol. The highest BCUT2D eigenvalue weighted by Crippen LogP contribution is 2.19. The first kappa shape index (κ1) is 10.7. The van der Waals surface area contributed by atoms with E-state index in [1.165, 1.54) is 6.07 Å². The average Bonchev–Trinajstić information content (AvgIpc) is 2.01. The van der Waals surface area contributed by atoms with Crippen LogP contribution in [0.5, 0.6) is 0 Å². The van der Waals surface area contributed by atoms with Gasteiger partial charge in [0.15, 0.2) is 0 Å². The zero-order valence-corrected chi connectivity index (χ0v) is 8.36. The summed E-state index contributed by atoms with van der Waals surface area (Å²) in [5, 5.41) is 10.5. The normalized spacial score (nSPS) is 12.5. The number of hydrogen-bond donors (Lipinski definition) is 1. The second-order valence-corrected chi connectivity index (χ2v) is 3.56. The molecular formula is C10H14N2O2. The van der Waals surface area contributed by atoms with Crippen LogP contribution in [0.25, 0.3) is 0 Å². The highest BCUT2D eigenvalue weighted by atomic mass is 16.6. The van der Waals surface area contributed by atoms with Gasteiger partial charge in [0.2, 0.25) is 0 Å². The van der Waals surface area contributed by atoms with Crippen LogP contribution in [-0.2, 0) is 6.42 Å². The van der Waals surface area contributed by atoms with Crippen molar-refractivity contribution in [3.63, 3.8) is 0 Å². The van der Waals surface area contributed by atoms with Gasteiger partial charge in [0, 0.05) is 17.7 Å². The molecule has 4 nitrogen and oxygen atoms in total. The summed E-state index contributed by atoms with van der Waals surface area (Å²) in [6.07, 6.45) is 0.749. The molecule has 0 unspecified atom stereocenters. The van der Waals surface area contributed by atoms with E-state index < -0.39 is 0 Å². The molecule has 1 aromatic rings. The molecule has 0 aromatic heterocycles. The molecule has 0 saturated heterocycles. The lowest BCUT2D eigenvalue weighted by atomic mass is 10.0. The van der Waals surface area contributed by atoms with E-state index in [2.05, 4.69) is 0 Å². The third-order valence-electron chi connectivity index (χ3n) is 2.02. The number of benzene rings is 1. The Kier molecular flexibility index (Phi) is 3.19. The van der Waals surface area contributed by atoms with Gasteiger partial charge in [-0.3, -0.25) is 10.1 Å². The zero-order valence-electron chi connectivity index (χ0n) is 8.36. The monoisotopic (exact) mass is 194 g/mol. The van der Waals surface area contributed by atoms with Gasteiger partial charge in [-0.15, -0.1) is 0 Å². The first-order valence-electron chi connectivity index (χ1n) is 4.50. The van der Waals surface area contributed by atoms with Crippen LogP contribution in [0, 0.1) is 17.0 Å². The summed E-state index contributed by atoms with van der Waals surface area (Å²) in [6.45, 7) is 3.65. The fraction of sp³-hybridized carbons (Fsp3) is 0.400. The van der Waals surface area contributed by atoms with Gasteiger partial charge in [-0.1, -0.05) is 6.07 Å². The van der Waals surface area contributed by atoms with Crippen LogP contribution in [0.4, 0.5) is 5.69 Å². The maximum atomic E-state index is 10.5. The van der Waals surface area contributed by atoms with Crippen molar-refractivity contribution in [3.05, 3.63) is 39.4 Å². The highest BCUT2D eigenvalue weighted by molar-refractivity contribution is 5.41. The van der Waals surface area contributed by atoms with Gasteiger partial charge >= 0.3 is 0 Å². The van der Waals surface area contributed by atoms with Crippen molar-refractivity contribution in [2.45, 2.75) is 26.3 Å². The minimum atomic E-state index is -0.370. The predicted molar refractivity (Wildman–Crippen MR) is 55.2 cm³/mol. The topological polar surface area (TPSA) is 69.2 Å². The molecule has 0 heterocycles. The Morgan fingerprint density at radius 1 is 1.57 bits per heavy atom. The lowest BCUT2D eigenvalue weighted by molar-refractivity contribution is -0.385. The molecule has 1 aromatic carbocycles. The molecule has 0 bridgehead atoms. The number of nitro benzene ring substituents is 1. The van der Waals surface area contributed by atoms with Gasteiger partial charge in [-0.05, 0) is 31.9 Å². The van der Waals surface area contributed by atoms with E-state index in [0.29, 0.717) is 5.56 Å². The zero-order chi connectivity index (χ0) is 10.7. The third-order valence-corrected chi connectivity index (χ3v) is 2.02. The molecule has 1 atom stereocenters. The molecule has 14 heavy (non-hydrogen) atoms. The molecule has 0 radical (unpaired) electrons. The number of aryl methyl sites for hydroxylation is 1. The smallest absolute Gasteiger partial charge is 0.272 e. The van der Waals surface area contributed by atoms with E-state index in [9.17, 15) is 10.1 Å². The van der Waals surface area contributed by atoms with Crippen molar-refractivity contribution < 1.29 is 4.92 Å². The summed E-state index contributed by atoms with van der Waals surface area (Å²) in [5.74, 6) is 0. The lowest BCUT2D eigenvalue weighted by Gasteiger charge is -2.05. The number of hydrogen-bond acceptors (Lipinski definition) is 3. The van der Waals surface area contributed by atoms with Gasteiger partial charge in [-0.2, -0.15) is 0 Å². The van der Waals surface area contributed by atoms with Gasteiger partial charge in [0.05, 0.1) is 4.92 Å². The van der Waals surface area contributed by atoms with Gasteiger partial charge in [0.25, 0.3) is 5.69 Å². The van der Waals surface area contributed by atoms with Crippen LogP contribution in [0.1, 0.15) is 18.1 Å². The van der Waals surface area contributed by atoms with E-state index in [0.717, 1.165) is 12.0 Å². The number of nitrogens with two attached hydrogens (primary N) is 1. The van der Waals surface area contributed by atoms with Crippen LogP contribution >= 0.6 is 0 Å². The minimum absolute atomic E-state index is 0.0795. The van der Waals surface area contributed by atoms with E-state index in [1.807, 2.05) is 13.0 Å². The van der Waals surface area contributed by atoms with E-state index in [-0.39, 0.29) is 16.7 Å². The fourth-order valence-corrected chi connectivity index (χ4v) is 1.42. The van der Waals surface area contributed by atoms with Gasteiger partial charge < -0.3 is 5.73 Å². The van der Waals surface area contributed by atoms with Gasteiger partial charge in [-0.25, -0.2) is 0 Å². The van der Waals surface area contributed by atoms with Crippen LogP contribution in [0.2, 0.25) is 0 Å². The minimum Gasteiger partial charge on any atom is -0.328 e. The van der Waals surface area contributed by atoms with E-state index in [1.54, 1.807) is 13.0 Å². The maximum Gasteiger partial charge on any atom is 0.272 e. The Bertz CT molecular complexity index is 348. The molecule has 0 aliphatic heterocycles. The maximum absolute atomic E-state index is 10.5. The molecule has 1 rings (SSSR count). The lowest BCUT2D eigenvalue weighted by Crippen LogP contribution is -2.17. The standard InChI is InChI=1S/C10H14N2O2/c1-7-5-9(6-8(2)11)3-4-10(7)12(13)14/h3-5,8H,6,11H2,1-2H3/t8-/m0/s1. The van der Waals surface area contributed by atoms with Crippen LogP contribution in [-0.4, -0.2) is 11.0 Å². The Morgan fingerprint density at radius 2 is 2.21 bits per heavy atom. The third kappa shape index (κ3) is 2.53. The SMILES string of the molecule is Cc1cc(C[C@H](C)N)ccc1[N+](=O)[O-]. The first-order chi connectivity index (χ1) is 6.50. The molecule has 0 aliphatic carbocycles. The van der Waals surface area contributed by atoms with Gasteiger partial charge in [0.1, 0.15) is 0 Å². The summed E-state index contributed by atoms with van der Waals surface area (Å²) in [5.41, 5.74) is 7.54. The number of nitro groups is 1. The van der Waals surface area contributed by atoms with Crippen molar-refractivity contribution in [1.29, 1.82) is 0 Å². The Hall–Kier alpha value is -1.42. The first-order valence-corrected chi connectivity index (χ1v) is 4.50. The van der Waals surface area contributed by atoms with Crippen molar-refractivity contribution in [1.82, 2.24) is 0 Å². The molecule has 76 valence electrons. The summed E-state index contributed by atoms with van der Waals surface area (Å²) in [7, 11) is 0. The molecule has 0 aliphatic rings. The summed E-state index contributed by atoms with van der Waals surface area (Å²) < 4.78 is 0. The molecular weight excluding hydrogens is 180 g/mol. The molecule has 0 amide bonds. The number of rotatable bonds is 3. The fourth-order valence-electron chi connectivity index (χ4n) is 1.42. The molecule has 0 fully saturated rings. The quantitative estimate of drug-likeness (QED) is 0.589. The summed E-state index contributed by atoms with van der Waals surface area (Å²) in [4.78, 5) is 10.2. The Balaban J connectivity index is 2.94. The molecule has 0 saturated carbocycles. The summed E-state index contributed by atoms with van der Waals surface area (Å²) in [6, 6.07) is 5.19. The van der Waals surface area contributed by atoms with E-state index >= 15 is 0 Å².